The number of rotatable bonds is 3. The standard InChI is InChI=1S/C11H20N2O/c1-9-3-2-6-13(8-9)11(14)7-12-10-4-5-10/h9-10,12H,2-8H2,1H3/t9-/m0/s1. The second-order valence-electron chi connectivity index (χ2n) is 4.74. The molecule has 3 nitrogen and oxygen atoms in total. The van der Waals surface area contributed by atoms with E-state index in [1.165, 1.54) is 25.7 Å². The van der Waals surface area contributed by atoms with Crippen molar-refractivity contribution in [3.05, 3.63) is 0 Å². The minimum atomic E-state index is 0.295. The number of nitrogens with zero attached hydrogens (tertiary/aromatic N) is 1. The van der Waals surface area contributed by atoms with E-state index < -0.39 is 0 Å². The van der Waals surface area contributed by atoms with Crippen molar-refractivity contribution in [1.29, 1.82) is 0 Å². The molecule has 0 aromatic rings. The van der Waals surface area contributed by atoms with E-state index in [0.29, 0.717) is 24.4 Å². The van der Waals surface area contributed by atoms with Crippen molar-refractivity contribution in [2.24, 2.45) is 5.92 Å². The van der Waals surface area contributed by atoms with Gasteiger partial charge in [-0.1, -0.05) is 6.92 Å². The molecule has 1 atom stereocenters. The normalized spacial score (nSPS) is 27.8. The van der Waals surface area contributed by atoms with Crippen molar-refractivity contribution in [3.63, 3.8) is 0 Å². The summed E-state index contributed by atoms with van der Waals surface area (Å²) in [4.78, 5) is 13.8. The summed E-state index contributed by atoms with van der Waals surface area (Å²) < 4.78 is 0. The topological polar surface area (TPSA) is 32.3 Å². The zero-order chi connectivity index (χ0) is 9.97. The zero-order valence-corrected chi connectivity index (χ0v) is 8.96. The molecule has 0 unspecified atom stereocenters. The van der Waals surface area contributed by atoms with Crippen LogP contribution in [0.2, 0.25) is 0 Å². The molecule has 1 aliphatic carbocycles. The highest BCUT2D eigenvalue weighted by molar-refractivity contribution is 5.78. The van der Waals surface area contributed by atoms with Crippen LogP contribution in [-0.2, 0) is 4.79 Å². The minimum Gasteiger partial charge on any atom is -0.341 e. The largest absolute Gasteiger partial charge is 0.341 e. The summed E-state index contributed by atoms with van der Waals surface area (Å²) >= 11 is 0. The molecule has 2 fully saturated rings. The second kappa shape index (κ2) is 4.30. The molecule has 0 spiro atoms. The van der Waals surface area contributed by atoms with Crippen LogP contribution in [0.25, 0.3) is 0 Å². The Bertz CT molecular complexity index is 213. The molecule has 0 aromatic heterocycles. The molecule has 2 rings (SSSR count). The lowest BCUT2D eigenvalue weighted by Crippen LogP contribution is -2.43. The average molecular weight is 196 g/mol. The molecular formula is C11H20N2O. The van der Waals surface area contributed by atoms with Crippen molar-refractivity contribution in [1.82, 2.24) is 10.2 Å². The molecule has 1 heterocycles. The first-order valence-corrected chi connectivity index (χ1v) is 5.77. The quantitative estimate of drug-likeness (QED) is 0.730. The van der Waals surface area contributed by atoms with Gasteiger partial charge in [0.05, 0.1) is 6.54 Å². The van der Waals surface area contributed by atoms with E-state index in [1.807, 2.05) is 4.90 Å². The van der Waals surface area contributed by atoms with Gasteiger partial charge in [-0.3, -0.25) is 4.79 Å². The minimum absolute atomic E-state index is 0.295. The Hall–Kier alpha value is -0.570. The van der Waals surface area contributed by atoms with Crippen molar-refractivity contribution in [2.75, 3.05) is 19.6 Å². The van der Waals surface area contributed by atoms with Crippen molar-refractivity contribution in [3.8, 4) is 0 Å². The van der Waals surface area contributed by atoms with Crippen LogP contribution in [0.5, 0.6) is 0 Å². The molecule has 2 aliphatic rings. The molecule has 80 valence electrons. The van der Waals surface area contributed by atoms with Gasteiger partial charge in [-0.05, 0) is 31.6 Å². The Labute approximate surface area is 85.8 Å². The maximum atomic E-state index is 11.7. The van der Waals surface area contributed by atoms with Crippen molar-refractivity contribution in [2.45, 2.75) is 38.6 Å². The first-order chi connectivity index (χ1) is 6.75. The van der Waals surface area contributed by atoms with Gasteiger partial charge in [0, 0.05) is 19.1 Å². The lowest BCUT2D eigenvalue weighted by Gasteiger charge is -2.31. The van der Waals surface area contributed by atoms with Crippen molar-refractivity contribution >= 4 is 5.91 Å². The molecule has 0 radical (unpaired) electrons. The predicted molar refractivity (Wildman–Crippen MR) is 56.0 cm³/mol. The first-order valence-electron chi connectivity index (χ1n) is 5.77. The van der Waals surface area contributed by atoms with Gasteiger partial charge >= 0.3 is 0 Å². The van der Waals surface area contributed by atoms with E-state index in [2.05, 4.69) is 12.2 Å². The molecular weight excluding hydrogens is 176 g/mol. The highest BCUT2D eigenvalue weighted by Gasteiger charge is 2.24. The van der Waals surface area contributed by atoms with Crippen LogP contribution >= 0.6 is 0 Å². The first kappa shape index (κ1) is 9.97. The van der Waals surface area contributed by atoms with Crippen LogP contribution in [0, 0.1) is 5.92 Å². The Morgan fingerprint density at radius 3 is 2.86 bits per heavy atom. The molecule has 1 saturated heterocycles. The molecule has 1 N–H and O–H groups in total. The number of carbonyl (C=O) groups is 1. The van der Waals surface area contributed by atoms with E-state index in [0.717, 1.165) is 13.1 Å². The van der Waals surface area contributed by atoms with E-state index >= 15 is 0 Å². The summed E-state index contributed by atoms with van der Waals surface area (Å²) in [6, 6.07) is 0.640. The molecule has 0 bridgehead atoms. The summed E-state index contributed by atoms with van der Waals surface area (Å²) in [6.45, 7) is 4.71. The number of hydrogen-bond donors (Lipinski definition) is 1. The van der Waals surface area contributed by atoms with Gasteiger partial charge in [0.2, 0.25) is 5.91 Å². The summed E-state index contributed by atoms with van der Waals surface area (Å²) in [7, 11) is 0. The maximum absolute atomic E-state index is 11.7. The van der Waals surface area contributed by atoms with Crippen LogP contribution in [0.1, 0.15) is 32.6 Å². The van der Waals surface area contributed by atoms with Gasteiger partial charge < -0.3 is 10.2 Å². The number of likely N-dealkylation sites (tertiary alicyclic amines) is 1. The van der Waals surface area contributed by atoms with Gasteiger partial charge in [-0.25, -0.2) is 0 Å². The van der Waals surface area contributed by atoms with E-state index in [9.17, 15) is 4.79 Å². The molecule has 1 amide bonds. The van der Waals surface area contributed by atoms with Gasteiger partial charge in [0.25, 0.3) is 0 Å². The summed E-state index contributed by atoms with van der Waals surface area (Å²) in [5, 5.41) is 3.28. The van der Waals surface area contributed by atoms with Gasteiger partial charge in [0.15, 0.2) is 0 Å². The number of nitrogens with one attached hydrogen (secondary N) is 1. The monoisotopic (exact) mass is 196 g/mol. The predicted octanol–water partition coefficient (Wildman–Crippen LogP) is 0.997. The van der Waals surface area contributed by atoms with E-state index in [1.54, 1.807) is 0 Å². The maximum Gasteiger partial charge on any atom is 0.236 e. The highest BCUT2D eigenvalue weighted by atomic mass is 16.2. The number of piperidine rings is 1. The van der Waals surface area contributed by atoms with Gasteiger partial charge in [-0.15, -0.1) is 0 Å². The fraction of sp³-hybridized carbons (Fsp3) is 0.909. The van der Waals surface area contributed by atoms with Crippen LogP contribution < -0.4 is 5.32 Å². The smallest absolute Gasteiger partial charge is 0.236 e. The summed E-state index contributed by atoms with van der Waals surface area (Å²) in [5.74, 6) is 0.983. The number of hydrogen-bond acceptors (Lipinski definition) is 2. The SMILES string of the molecule is C[C@H]1CCCN(C(=O)CNC2CC2)C1. The molecule has 3 heteroatoms. The molecule has 1 saturated carbocycles. The lowest BCUT2D eigenvalue weighted by molar-refractivity contribution is -0.131. The third kappa shape index (κ3) is 2.71. The molecule has 1 aliphatic heterocycles. The third-order valence-electron chi connectivity index (χ3n) is 3.13. The Morgan fingerprint density at radius 1 is 1.43 bits per heavy atom. The van der Waals surface area contributed by atoms with Crippen LogP contribution in [0.4, 0.5) is 0 Å². The molecule has 14 heavy (non-hydrogen) atoms. The zero-order valence-electron chi connectivity index (χ0n) is 8.96. The fourth-order valence-electron chi connectivity index (χ4n) is 2.05. The van der Waals surface area contributed by atoms with Crippen LogP contribution in [0.3, 0.4) is 0 Å². The highest BCUT2D eigenvalue weighted by Crippen LogP contribution is 2.19. The fourth-order valence-corrected chi connectivity index (χ4v) is 2.05. The number of carbonyl (C=O) groups excluding carboxylic acids is 1. The van der Waals surface area contributed by atoms with Crippen LogP contribution in [0.15, 0.2) is 0 Å². The molecule has 0 aromatic carbocycles. The van der Waals surface area contributed by atoms with E-state index in [4.69, 9.17) is 0 Å². The third-order valence-corrected chi connectivity index (χ3v) is 3.13. The second-order valence-corrected chi connectivity index (χ2v) is 4.74. The van der Waals surface area contributed by atoms with Crippen molar-refractivity contribution < 1.29 is 4.79 Å². The Balaban J connectivity index is 1.71. The van der Waals surface area contributed by atoms with Gasteiger partial charge in [0.1, 0.15) is 0 Å². The number of amides is 1. The Morgan fingerprint density at radius 2 is 2.21 bits per heavy atom. The summed E-state index contributed by atoms with van der Waals surface area (Å²) in [5.41, 5.74) is 0. The average Bonchev–Trinajstić information content (AvgIpc) is 2.97. The lowest BCUT2D eigenvalue weighted by atomic mass is 10.0. The van der Waals surface area contributed by atoms with Gasteiger partial charge in [-0.2, -0.15) is 0 Å². The van der Waals surface area contributed by atoms with E-state index in [-0.39, 0.29) is 0 Å². The van der Waals surface area contributed by atoms with Crippen LogP contribution in [-0.4, -0.2) is 36.5 Å². The summed E-state index contributed by atoms with van der Waals surface area (Å²) in [6.07, 6.45) is 4.96. The Kier molecular flexibility index (Phi) is 3.06.